The molecule has 0 aliphatic carbocycles. The van der Waals surface area contributed by atoms with Crippen LogP contribution in [0.1, 0.15) is 17.7 Å². The first-order chi connectivity index (χ1) is 11.2. The van der Waals surface area contributed by atoms with Crippen molar-refractivity contribution in [2.24, 2.45) is 0 Å². The highest BCUT2D eigenvalue weighted by molar-refractivity contribution is 9.10. The van der Waals surface area contributed by atoms with Gasteiger partial charge in [0.1, 0.15) is 17.0 Å². The molecule has 0 N–H and O–H groups in total. The lowest BCUT2D eigenvalue weighted by Gasteiger charge is -2.21. The Morgan fingerprint density at radius 2 is 2.26 bits per heavy atom. The van der Waals surface area contributed by atoms with Crippen molar-refractivity contribution < 1.29 is 9.53 Å². The molecular formula is C17H18BrN3O2. The van der Waals surface area contributed by atoms with Crippen molar-refractivity contribution in [3.8, 4) is 5.88 Å². The summed E-state index contributed by atoms with van der Waals surface area (Å²) in [5.74, 6) is 0.657. The van der Waals surface area contributed by atoms with Gasteiger partial charge in [-0.15, -0.1) is 0 Å². The average molecular weight is 376 g/mol. The van der Waals surface area contributed by atoms with Gasteiger partial charge in [0.25, 0.3) is 0 Å². The van der Waals surface area contributed by atoms with E-state index in [0.29, 0.717) is 12.3 Å². The van der Waals surface area contributed by atoms with Crippen molar-refractivity contribution in [3.05, 3.63) is 46.3 Å². The lowest BCUT2D eigenvalue weighted by Crippen LogP contribution is -2.26. The zero-order chi connectivity index (χ0) is 16.2. The maximum atomic E-state index is 10.9. The van der Waals surface area contributed by atoms with Crippen molar-refractivity contribution in [1.29, 1.82) is 0 Å². The van der Waals surface area contributed by atoms with Gasteiger partial charge in [-0.2, -0.15) is 0 Å². The molecular weight excluding hydrogens is 358 g/mol. The minimum Gasteiger partial charge on any atom is -0.472 e. The highest BCUT2D eigenvalue weighted by atomic mass is 79.9. The van der Waals surface area contributed by atoms with E-state index in [1.807, 2.05) is 37.4 Å². The van der Waals surface area contributed by atoms with Gasteiger partial charge in [0.15, 0.2) is 0 Å². The summed E-state index contributed by atoms with van der Waals surface area (Å²) in [5.41, 5.74) is 2.91. The van der Waals surface area contributed by atoms with E-state index in [2.05, 4.69) is 30.8 Å². The third-order valence-electron chi connectivity index (χ3n) is 3.85. The highest BCUT2D eigenvalue weighted by Crippen LogP contribution is 2.27. The summed E-state index contributed by atoms with van der Waals surface area (Å²) in [5, 5.41) is 0. The molecule has 3 rings (SSSR count). The molecule has 1 aliphatic heterocycles. The van der Waals surface area contributed by atoms with Crippen molar-refractivity contribution in [2.45, 2.75) is 25.9 Å². The Labute approximate surface area is 143 Å². The maximum absolute atomic E-state index is 10.9. The number of aldehydes is 1. The summed E-state index contributed by atoms with van der Waals surface area (Å²) in [4.78, 5) is 21.8. The first kappa shape index (κ1) is 15.9. The molecule has 0 saturated carbocycles. The topological polar surface area (TPSA) is 55.3 Å². The number of rotatable bonds is 5. The minimum atomic E-state index is 0.0953. The van der Waals surface area contributed by atoms with Gasteiger partial charge in [-0.05, 0) is 40.5 Å². The number of hydrogen-bond donors (Lipinski definition) is 0. The summed E-state index contributed by atoms with van der Waals surface area (Å²) in [7, 11) is 0. The molecule has 2 aromatic heterocycles. The van der Waals surface area contributed by atoms with Gasteiger partial charge in [-0.1, -0.05) is 6.07 Å². The third-order valence-corrected chi connectivity index (χ3v) is 4.29. The zero-order valence-electron chi connectivity index (χ0n) is 12.9. The van der Waals surface area contributed by atoms with Crippen LogP contribution in [-0.2, 0) is 11.2 Å². The van der Waals surface area contributed by atoms with Crippen LogP contribution in [-0.4, -0.2) is 35.4 Å². The van der Waals surface area contributed by atoms with E-state index in [-0.39, 0.29) is 6.10 Å². The Kier molecular flexibility index (Phi) is 4.91. The minimum absolute atomic E-state index is 0.0953. The first-order valence-electron chi connectivity index (χ1n) is 7.59. The van der Waals surface area contributed by atoms with Crippen LogP contribution < -0.4 is 9.64 Å². The zero-order valence-corrected chi connectivity index (χ0v) is 14.5. The van der Waals surface area contributed by atoms with Crippen molar-refractivity contribution >= 4 is 27.9 Å². The number of carbonyl (C=O) groups excluding carboxylic acids is 1. The van der Waals surface area contributed by atoms with Crippen molar-refractivity contribution in [1.82, 2.24) is 9.97 Å². The number of anilines is 1. The van der Waals surface area contributed by atoms with Crippen LogP contribution in [0.3, 0.4) is 0 Å². The van der Waals surface area contributed by atoms with Crippen molar-refractivity contribution in [3.63, 3.8) is 0 Å². The SMILES string of the molecule is Cc1ccc(OC2CCN(c3ccc(Br)nc3CC=O)C2)nc1. The van der Waals surface area contributed by atoms with E-state index < -0.39 is 0 Å². The summed E-state index contributed by atoms with van der Waals surface area (Å²) < 4.78 is 6.70. The lowest BCUT2D eigenvalue weighted by atomic mass is 10.2. The molecule has 3 heterocycles. The smallest absolute Gasteiger partial charge is 0.213 e. The molecule has 1 saturated heterocycles. The Bertz CT molecular complexity index is 691. The van der Waals surface area contributed by atoms with E-state index in [0.717, 1.165) is 47.3 Å². The number of hydrogen-bond acceptors (Lipinski definition) is 5. The Balaban J connectivity index is 1.70. The molecule has 0 radical (unpaired) electrons. The molecule has 0 amide bonds. The largest absolute Gasteiger partial charge is 0.472 e. The molecule has 1 aliphatic rings. The number of halogens is 1. The molecule has 0 bridgehead atoms. The van der Waals surface area contributed by atoms with Gasteiger partial charge in [0.05, 0.1) is 17.9 Å². The van der Waals surface area contributed by atoms with E-state index in [1.54, 1.807) is 0 Å². The van der Waals surface area contributed by atoms with Crippen molar-refractivity contribution in [2.75, 3.05) is 18.0 Å². The quantitative estimate of drug-likeness (QED) is 0.593. The summed E-state index contributed by atoms with van der Waals surface area (Å²) in [6.45, 7) is 3.65. The summed E-state index contributed by atoms with van der Waals surface area (Å²) in [6.07, 6.45) is 4.03. The number of carbonyl (C=O) groups is 1. The number of aromatic nitrogens is 2. The maximum Gasteiger partial charge on any atom is 0.213 e. The molecule has 120 valence electrons. The van der Waals surface area contributed by atoms with Gasteiger partial charge in [-0.3, -0.25) is 0 Å². The summed E-state index contributed by atoms with van der Waals surface area (Å²) in [6, 6.07) is 7.80. The number of aryl methyl sites for hydroxylation is 1. The van der Waals surface area contributed by atoms with Crippen LogP contribution in [0, 0.1) is 6.92 Å². The van der Waals surface area contributed by atoms with Gasteiger partial charge in [-0.25, -0.2) is 9.97 Å². The van der Waals surface area contributed by atoms with Gasteiger partial charge in [0, 0.05) is 31.6 Å². The fraction of sp³-hybridized carbons (Fsp3) is 0.353. The second-order valence-corrected chi connectivity index (χ2v) is 6.43. The van der Waals surface area contributed by atoms with Crippen LogP contribution in [0.15, 0.2) is 35.1 Å². The van der Waals surface area contributed by atoms with Crippen LogP contribution in [0.4, 0.5) is 5.69 Å². The normalized spacial score (nSPS) is 17.3. The third kappa shape index (κ3) is 3.88. The molecule has 23 heavy (non-hydrogen) atoms. The predicted octanol–water partition coefficient (Wildman–Crippen LogP) is 2.95. The number of nitrogens with zero attached hydrogens (tertiary/aromatic N) is 3. The second-order valence-electron chi connectivity index (χ2n) is 5.62. The molecule has 2 aromatic rings. The Morgan fingerprint density at radius 1 is 1.39 bits per heavy atom. The van der Waals surface area contributed by atoms with Gasteiger partial charge < -0.3 is 14.4 Å². The highest BCUT2D eigenvalue weighted by Gasteiger charge is 2.26. The molecule has 0 aromatic carbocycles. The molecule has 6 heteroatoms. The fourth-order valence-electron chi connectivity index (χ4n) is 2.72. The molecule has 5 nitrogen and oxygen atoms in total. The number of ether oxygens (including phenoxy) is 1. The van der Waals surface area contributed by atoms with E-state index >= 15 is 0 Å². The van der Waals surface area contributed by atoms with Crippen LogP contribution in [0.25, 0.3) is 0 Å². The fourth-order valence-corrected chi connectivity index (χ4v) is 3.07. The molecule has 1 fully saturated rings. The molecule has 1 atom stereocenters. The Hall–Kier alpha value is -1.95. The van der Waals surface area contributed by atoms with Gasteiger partial charge in [0.2, 0.25) is 5.88 Å². The second kappa shape index (κ2) is 7.08. The average Bonchev–Trinajstić information content (AvgIpc) is 2.98. The van der Waals surface area contributed by atoms with Crippen LogP contribution in [0.5, 0.6) is 5.88 Å². The molecule has 0 spiro atoms. The lowest BCUT2D eigenvalue weighted by molar-refractivity contribution is -0.107. The Morgan fingerprint density at radius 3 is 3.00 bits per heavy atom. The van der Waals surface area contributed by atoms with Crippen LogP contribution >= 0.6 is 15.9 Å². The summed E-state index contributed by atoms with van der Waals surface area (Å²) >= 11 is 3.36. The van der Waals surface area contributed by atoms with E-state index in [9.17, 15) is 4.79 Å². The molecule has 1 unspecified atom stereocenters. The number of pyridine rings is 2. The monoisotopic (exact) mass is 375 g/mol. The van der Waals surface area contributed by atoms with Gasteiger partial charge >= 0.3 is 0 Å². The first-order valence-corrected chi connectivity index (χ1v) is 8.38. The van der Waals surface area contributed by atoms with Crippen LogP contribution in [0.2, 0.25) is 0 Å². The van der Waals surface area contributed by atoms with E-state index in [1.165, 1.54) is 0 Å². The van der Waals surface area contributed by atoms with E-state index in [4.69, 9.17) is 4.74 Å². The predicted molar refractivity (Wildman–Crippen MR) is 91.9 cm³/mol. The standard InChI is InChI=1S/C17H18BrN3O2/c1-12-2-5-17(19-10-12)23-13-6-8-21(11-13)15-3-4-16(18)20-14(15)7-9-22/h2-5,9-10,13H,6-8,11H2,1H3.